The van der Waals surface area contributed by atoms with Crippen LogP contribution >= 0.6 is 0 Å². The molecule has 0 spiro atoms. The van der Waals surface area contributed by atoms with Crippen LogP contribution < -0.4 is 16.1 Å². The summed E-state index contributed by atoms with van der Waals surface area (Å²) < 4.78 is 3.41. The Balaban J connectivity index is 1.61. The SMILES string of the molecule is CC(C)CN1CCN(c2nc3c(c(=O)[nH]c(=O)n3C)n2Cc2cccc3ccccc23)CC1. The Morgan fingerprint density at radius 1 is 1.00 bits per heavy atom. The highest BCUT2D eigenvalue weighted by molar-refractivity contribution is 5.86. The van der Waals surface area contributed by atoms with Crippen molar-refractivity contribution >= 4 is 27.9 Å². The van der Waals surface area contributed by atoms with E-state index in [1.165, 1.54) is 4.57 Å². The van der Waals surface area contributed by atoms with E-state index in [1.54, 1.807) is 7.05 Å². The highest BCUT2D eigenvalue weighted by Gasteiger charge is 2.25. The molecule has 2 aromatic heterocycles. The van der Waals surface area contributed by atoms with Crippen LogP contribution in [0.5, 0.6) is 0 Å². The van der Waals surface area contributed by atoms with Crippen molar-refractivity contribution < 1.29 is 0 Å². The van der Waals surface area contributed by atoms with Crippen molar-refractivity contribution in [3.63, 3.8) is 0 Å². The number of aryl methyl sites for hydroxylation is 1. The zero-order valence-electron chi connectivity index (χ0n) is 19.4. The van der Waals surface area contributed by atoms with Crippen molar-refractivity contribution in [2.75, 3.05) is 37.6 Å². The fourth-order valence-electron chi connectivity index (χ4n) is 4.86. The molecule has 172 valence electrons. The number of benzene rings is 2. The molecule has 0 atom stereocenters. The molecule has 0 unspecified atom stereocenters. The summed E-state index contributed by atoms with van der Waals surface area (Å²) in [5.41, 5.74) is 1.12. The van der Waals surface area contributed by atoms with Crippen LogP contribution in [-0.2, 0) is 13.6 Å². The molecule has 1 aliphatic rings. The van der Waals surface area contributed by atoms with Crippen LogP contribution in [0.2, 0.25) is 0 Å². The van der Waals surface area contributed by atoms with E-state index in [4.69, 9.17) is 4.98 Å². The molecule has 3 heterocycles. The summed E-state index contributed by atoms with van der Waals surface area (Å²) in [4.78, 5) is 37.2. The van der Waals surface area contributed by atoms with Crippen LogP contribution in [-0.4, -0.2) is 56.7 Å². The number of aromatic amines is 1. The molecule has 1 saturated heterocycles. The first kappa shape index (κ1) is 21.5. The van der Waals surface area contributed by atoms with Crippen molar-refractivity contribution in [1.29, 1.82) is 0 Å². The average molecular weight is 447 g/mol. The number of anilines is 1. The quantitative estimate of drug-likeness (QED) is 0.509. The number of hydrogen-bond acceptors (Lipinski definition) is 5. The maximum absolute atomic E-state index is 12.9. The third kappa shape index (κ3) is 3.95. The number of rotatable bonds is 5. The third-order valence-corrected chi connectivity index (χ3v) is 6.47. The zero-order chi connectivity index (χ0) is 23.1. The van der Waals surface area contributed by atoms with Gasteiger partial charge in [-0.05, 0) is 22.3 Å². The van der Waals surface area contributed by atoms with E-state index in [2.05, 4.69) is 52.9 Å². The number of hydrogen-bond donors (Lipinski definition) is 1. The van der Waals surface area contributed by atoms with Crippen molar-refractivity contribution in [3.05, 3.63) is 68.9 Å². The van der Waals surface area contributed by atoms with Crippen molar-refractivity contribution in [3.8, 4) is 0 Å². The van der Waals surface area contributed by atoms with E-state index >= 15 is 0 Å². The number of H-pyrrole nitrogens is 1. The number of nitrogens with one attached hydrogen (secondary N) is 1. The molecular weight excluding hydrogens is 416 g/mol. The Morgan fingerprint density at radius 3 is 2.48 bits per heavy atom. The summed E-state index contributed by atoms with van der Waals surface area (Å²) in [6, 6.07) is 14.5. The molecule has 0 bridgehead atoms. The minimum Gasteiger partial charge on any atom is -0.340 e. The highest BCUT2D eigenvalue weighted by Crippen LogP contribution is 2.25. The minimum absolute atomic E-state index is 0.398. The Labute approximate surface area is 192 Å². The molecule has 8 heteroatoms. The van der Waals surface area contributed by atoms with Gasteiger partial charge in [0, 0.05) is 39.8 Å². The summed E-state index contributed by atoms with van der Waals surface area (Å²) in [5.74, 6) is 1.37. The van der Waals surface area contributed by atoms with Gasteiger partial charge in [0.15, 0.2) is 11.2 Å². The molecule has 0 radical (unpaired) electrons. The van der Waals surface area contributed by atoms with Gasteiger partial charge in [-0.1, -0.05) is 56.3 Å². The molecule has 5 rings (SSSR count). The third-order valence-electron chi connectivity index (χ3n) is 6.47. The standard InChI is InChI=1S/C25H30N6O2/c1-17(2)15-29-11-13-30(14-12-29)24-26-22-21(23(32)27-25(33)28(22)3)31(24)16-19-9-6-8-18-7-4-5-10-20(18)19/h4-10,17H,11-16H2,1-3H3,(H,27,32,33). The van der Waals surface area contributed by atoms with Crippen LogP contribution in [0.3, 0.4) is 0 Å². The first-order chi connectivity index (χ1) is 15.9. The largest absolute Gasteiger partial charge is 0.340 e. The molecule has 2 aromatic carbocycles. The van der Waals surface area contributed by atoms with Gasteiger partial charge in [0.1, 0.15) is 0 Å². The lowest BCUT2D eigenvalue weighted by Crippen LogP contribution is -2.48. The second-order valence-corrected chi connectivity index (χ2v) is 9.31. The summed E-state index contributed by atoms with van der Waals surface area (Å²) in [6.45, 7) is 9.62. The second-order valence-electron chi connectivity index (χ2n) is 9.31. The molecule has 1 fully saturated rings. The lowest BCUT2D eigenvalue weighted by atomic mass is 10.0. The number of aromatic nitrogens is 4. The topological polar surface area (TPSA) is 79.2 Å². The lowest BCUT2D eigenvalue weighted by Gasteiger charge is -2.36. The smallest absolute Gasteiger partial charge is 0.329 e. The predicted octanol–water partition coefficient (Wildman–Crippen LogP) is 2.40. The first-order valence-electron chi connectivity index (χ1n) is 11.6. The van der Waals surface area contributed by atoms with Gasteiger partial charge in [-0.15, -0.1) is 0 Å². The number of nitrogens with zero attached hydrogens (tertiary/aromatic N) is 5. The van der Waals surface area contributed by atoms with E-state index in [0.29, 0.717) is 23.6 Å². The monoisotopic (exact) mass is 446 g/mol. The zero-order valence-corrected chi connectivity index (χ0v) is 19.4. The molecule has 0 aliphatic carbocycles. The molecule has 0 amide bonds. The molecule has 8 nitrogen and oxygen atoms in total. The van der Waals surface area contributed by atoms with Crippen molar-refractivity contribution in [2.45, 2.75) is 20.4 Å². The first-order valence-corrected chi connectivity index (χ1v) is 11.6. The van der Waals surface area contributed by atoms with Gasteiger partial charge >= 0.3 is 5.69 Å². The van der Waals surface area contributed by atoms with Crippen LogP contribution in [0.15, 0.2) is 52.1 Å². The summed E-state index contributed by atoms with van der Waals surface area (Å²) in [7, 11) is 1.65. The number of imidazole rings is 1. The predicted molar refractivity (Wildman–Crippen MR) is 132 cm³/mol. The van der Waals surface area contributed by atoms with E-state index in [0.717, 1.165) is 55.0 Å². The van der Waals surface area contributed by atoms with Gasteiger partial charge in [-0.25, -0.2) is 4.79 Å². The maximum Gasteiger partial charge on any atom is 0.329 e. The molecule has 33 heavy (non-hydrogen) atoms. The van der Waals surface area contributed by atoms with E-state index < -0.39 is 11.2 Å². The van der Waals surface area contributed by atoms with Crippen LogP contribution in [0, 0.1) is 5.92 Å². The summed E-state index contributed by atoms with van der Waals surface area (Å²) >= 11 is 0. The Morgan fingerprint density at radius 2 is 1.73 bits per heavy atom. The van der Waals surface area contributed by atoms with Crippen molar-refractivity contribution in [2.24, 2.45) is 13.0 Å². The van der Waals surface area contributed by atoms with Gasteiger partial charge < -0.3 is 4.90 Å². The van der Waals surface area contributed by atoms with Gasteiger partial charge in [-0.3, -0.25) is 23.8 Å². The fourth-order valence-corrected chi connectivity index (χ4v) is 4.86. The number of piperazine rings is 1. The van der Waals surface area contributed by atoms with Crippen LogP contribution in [0.25, 0.3) is 21.9 Å². The summed E-state index contributed by atoms with van der Waals surface area (Å²) in [6.07, 6.45) is 0. The number of fused-ring (bicyclic) bond motifs is 2. The Bertz CT molecular complexity index is 1420. The van der Waals surface area contributed by atoms with Gasteiger partial charge in [-0.2, -0.15) is 4.98 Å². The highest BCUT2D eigenvalue weighted by atomic mass is 16.2. The second kappa shape index (κ2) is 8.51. The van der Waals surface area contributed by atoms with E-state index in [-0.39, 0.29) is 0 Å². The molecular formula is C25H30N6O2. The van der Waals surface area contributed by atoms with Crippen molar-refractivity contribution in [1.82, 2.24) is 24.0 Å². The van der Waals surface area contributed by atoms with E-state index in [9.17, 15) is 9.59 Å². The fraction of sp³-hybridized carbons (Fsp3) is 0.400. The maximum atomic E-state index is 12.9. The Hall–Kier alpha value is -3.39. The summed E-state index contributed by atoms with van der Waals surface area (Å²) in [5, 5.41) is 2.31. The minimum atomic E-state index is -0.449. The lowest BCUT2D eigenvalue weighted by molar-refractivity contribution is 0.230. The molecule has 4 aromatic rings. The van der Waals surface area contributed by atoms with Gasteiger partial charge in [0.25, 0.3) is 5.56 Å². The average Bonchev–Trinajstić information content (AvgIpc) is 3.18. The normalized spacial score (nSPS) is 15.2. The molecule has 1 N–H and O–H groups in total. The van der Waals surface area contributed by atoms with E-state index in [1.807, 2.05) is 22.8 Å². The molecule has 0 saturated carbocycles. The Kier molecular flexibility index (Phi) is 5.54. The molecule has 1 aliphatic heterocycles. The van der Waals surface area contributed by atoms with Crippen LogP contribution in [0.4, 0.5) is 5.95 Å². The van der Waals surface area contributed by atoms with Crippen LogP contribution in [0.1, 0.15) is 19.4 Å². The van der Waals surface area contributed by atoms with Gasteiger partial charge in [0.05, 0.1) is 6.54 Å². The van der Waals surface area contributed by atoms with Gasteiger partial charge in [0.2, 0.25) is 5.95 Å².